The lowest BCUT2D eigenvalue weighted by Crippen LogP contribution is -2.38. The molecule has 3 rings (SSSR count). The van der Waals surface area contributed by atoms with Gasteiger partial charge in [-0.15, -0.1) is 0 Å². The Bertz CT molecular complexity index is 410. The molecule has 2 fully saturated rings. The average Bonchev–Trinajstić information content (AvgIpc) is 2.56. The van der Waals surface area contributed by atoms with Gasteiger partial charge in [-0.2, -0.15) is 0 Å². The van der Waals surface area contributed by atoms with E-state index in [0.717, 1.165) is 18.8 Å². The van der Waals surface area contributed by atoms with Crippen molar-refractivity contribution in [3.8, 4) is 0 Å². The number of hydrogen-bond donors (Lipinski definition) is 1. The van der Waals surface area contributed by atoms with E-state index in [9.17, 15) is 0 Å². The Morgan fingerprint density at radius 1 is 1.24 bits per heavy atom. The molecule has 2 atom stereocenters. The highest BCUT2D eigenvalue weighted by Crippen LogP contribution is 2.35. The van der Waals surface area contributed by atoms with Crippen molar-refractivity contribution in [1.29, 1.82) is 0 Å². The molecule has 2 aliphatic heterocycles. The van der Waals surface area contributed by atoms with Crippen LogP contribution >= 0.6 is 23.2 Å². The first-order valence-corrected chi connectivity index (χ1v) is 6.81. The van der Waals surface area contributed by atoms with Gasteiger partial charge < -0.3 is 10.2 Å². The van der Waals surface area contributed by atoms with E-state index >= 15 is 0 Å². The van der Waals surface area contributed by atoms with Gasteiger partial charge in [-0.25, -0.2) is 4.98 Å². The van der Waals surface area contributed by atoms with Crippen molar-refractivity contribution in [3.05, 3.63) is 22.4 Å². The van der Waals surface area contributed by atoms with Gasteiger partial charge in [-0.3, -0.25) is 0 Å². The van der Waals surface area contributed by atoms with Crippen molar-refractivity contribution in [3.63, 3.8) is 0 Å². The van der Waals surface area contributed by atoms with Crippen LogP contribution in [-0.2, 0) is 0 Å². The molecule has 0 aromatic carbocycles. The molecule has 1 aromatic heterocycles. The second-order valence-electron chi connectivity index (χ2n) is 4.75. The van der Waals surface area contributed by atoms with Gasteiger partial charge in [0.25, 0.3) is 0 Å². The SMILES string of the molecule is Clc1cc(N2[C@@H]3CCNC[C@H]2CC3)cnc1Cl. The standard InChI is InChI=1S/C12H15Cl2N3/c13-11-5-10(7-16-12(11)14)17-8-1-2-9(17)6-15-4-3-8/h5,7-9,15H,1-4,6H2/t8-,9+/m0/s1. The molecule has 0 spiro atoms. The predicted molar refractivity (Wildman–Crippen MR) is 71.0 cm³/mol. The third kappa shape index (κ3) is 2.12. The summed E-state index contributed by atoms with van der Waals surface area (Å²) >= 11 is 11.9. The first kappa shape index (κ1) is 11.6. The Labute approximate surface area is 111 Å². The van der Waals surface area contributed by atoms with Crippen LogP contribution in [0.3, 0.4) is 0 Å². The Balaban J connectivity index is 1.94. The van der Waals surface area contributed by atoms with Crippen LogP contribution in [0.1, 0.15) is 19.3 Å². The number of nitrogens with zero attached hydrogens (tertiary/aromatic N) is 2. The summed E-state index contributed by atoms with van der Waals surface area (Å²) < 4.78 is 0. The number of hydrogen-bond acceptors (Lipinski definition) is 3. The fraction of sp³-hybridized carbons (Fsp3) is 0.583. The van der Waals surface area contributed by atoms with Crippen LogP contribution in [-0.4, -0.2) is 30.2 Å². The molecule has 0 aliphatic carbocycles. The van der Waals surface area contributed by atoms with Crippen molar-refractivity contribution >= 4 is 28.9 Å². The molecule has 5 heteroatoms. The minimum Gasteiger partial charge on any atom is -0.363 e. The lowest BCUT2D eigenvalue weighted by atomic mass is 10.1. The maximum atomic E-state index is 6.05. The third-order valence-corrected chi connectivity index (χ3v) is 4.42. The first-order valence-electron chi connectivity index (χ1n) is 6.06. The van der Waals surface area contributed by atoms with Crippen molar-refractivity contribution in [2.45, 2.75) is 31.3 Å². The molecule has 2 bridgehead atoms. The minimum atomic E-state index is 0.385. The summed E-state index contributed by atoms with van der Waals surface area (Å²) in [7, 11) is 0. The molecule has 92 valence electrons. The highest BCUT2D eigenvalue weighted by molar-refractivity contribution is 6.41. The molecule has 2 aliphatic rings. The van der Waals surface area contributed by atoms with Crippen molar-refractivity contribution in [1.82, 2.24) is 10.3 Å². The Morgan fingerprint density at radius 2 is 2.06 bits per heavy atom. The van der Waals surface area contributed by atoms with Crippen LogP contribution in [0.2, 0.25) is 10.2 Å². The quantitative estimate of drug-likeness (QED) is 0.797. The van der Waals surface area contributed by atoms with E-state index in [1.165, 1.54) is 19.3 Å². The van der Waals surface area contributed by atoms with E-state index in [1.807, 2.05) is 12.3 Å². The van der Waals surface area contributed by atoms with E-state index in [-0.39, 0.29) is 0 Å². The number of pyridine rings is 1. The third-order valence-electron chi connectivity index (χ3n) is 3.73. The number of fused-ring (bicyclic) bond motifs is 2. The van der Waals surface area contributed by atoms with Gasteiger partial charge in [0.1, 0.15) is 5.15 Å². The summed E-state index contributed by atoms with van der Waals surface area (Å²) in [6, 6.07) is 3.13. The van der Waals surface area contributed by atoms with Crippen LogP contribution in [0.25, 0.3) is 0 Å². The summed E-state index contributed by atoms with van der Waals surface area (Å²) in [6.07, 6.45) is 5.55. The second-order valence-corrected chi connectivity index (χ2v) is 5.52. The summed E-state index contributed by atoms with van der Waals surface area (Å²) in [5, 5.41) is 4.41. The Morgan fingerprint density at radius 3 is 2.88 bits per heavy atom. The van der Waals surface area contributed by atoms with E-state index in [2.05, 4.69) is 15.2 Å². The zero-order valence-electron chi connectivity index (χ0n) is 9.50. The molecule has 3 heterocycles. The topological polar surface area (TPSA) is 28.2 Å². The number of nitrogens with one attached hydrogen (secondary N) is 1. The highest BCUT2D eigenvalue weighted by Gasteiger charge is 2.35. The molecular formula is C12H15Cl2N3. The van der Waals surface area contributed by atoms with E-state index in [0.29, 0.717) is 22.3 Å². The first-order chi connectivity index (χ1) is 8.25. The fourth-order valence-electron chi connectivity index (χ4n) is 2.96. The van der Waals surface area contributed by atoms with Crippen LogP contribution in [0.5, 0.6) is 0 Å². The summed E-state index contributed by atoms with van der Waals surface area (Å²) in [5.41, 5.74) is 1.11. The van der Waals surface area contributed by atoms with E-state index in [1.54, 1.807) is 0 Å². The average molecular weight is 272 g/mol. The van der Waals surface area contributed by atoms with Crippen LogP contribution in [0.15, 0.2) is 12.3 Å². The fourth-order valence-corrected chi connectivity index (χ4v) is 3.22. The molecule has 0 amide bonds. The van der Waals surface area contributed by atoms with Crippen molar-refractivity contribution in [2.75, 3.05) is 18.0 Å². The van der Waals surface area contributed by atoms with Crippen molar-refractivity contribution in [2.24, 2.45) is 0 Å². The number of rotatable bonds is 1. The largest absolute Gasteiger partial charge is 0.363 e. The maximum Gasteiger partial charge on any atom is 0.147 e. The van der Waals surface area contributed by atoms with Crippen LogP contribution in [0.4, 0.5) is 5.69 Å². The van der Waals surface area contributed by atoms with Gasteiger partial charge in [-0.1, -0.05) is 23.2 Å². The smallest absolute Gasteiger partial charge is 0.147 e. The molecule has 0 radical (unpaired) electrons. The summed E-state index contributed by atoms with van der Waals surface area (Å²) in [4.78, 5) is 6.62. The summed E-state index contributed by atoms with van der Waals surface area (Å²) in [5.74, 6) is 0. The monoisotopic (exact) mass is 271 g/mol. The van der Waals surface area contributed by atoms with E-state index in [4.69, 9.17) is 23.2 Å². The number of aromatic nitrogens is 1. The van der Waals surface area contributed by atoms with Gasteiger partial charge in [0.2, 0.25) is 0 Å². The number of anilines is 1. The molecule has 1 N–H and O–H groups in total. The van der Waals surface area contributed by atoms with Gasteiger partial charge in [0, 0.05) is 18.6 Å². The zero-order valence-corrected chi connectivity index (χ0v) is 11.0. The molecule has 17 heavy (non-hydrogen) atoms. The van der Waals surface area contributed by atoms with E-state index < -0.39 is 0 Å². The normalized spacial score (nSPS) is 28.2. The van der Waals surface area contributed by atoms with Gasteiger partial charge in [-0.05, 0) is 31.9 Å². The maximum absolute atomic E-state index is 6.05. The molecular weight excluding hydrogens is 257 g/mol. The number of halogens is 2. The van der Waals surface area contributed by atoms with Gasteiger partial charge >= 0.3 is 0 Å². The lowest BCUT2D eigenvalue weighted by molar-refractivity contribution is 0.567. The molecule has 2 saturated heterocycles. The zero-order chi connectivity index (χ0) is 11.8. The van der Waals surface area contributed by atoms with Crippen molar-refractivity contribution < 1.29 is 0 Å². The Kier molecular flexibility index (Phi) is 3.16. The molecule has 0 unspecified atom stereocenters. The lowest BCUT2D eigenvalue weighted by Gasteiger charge is -2.30. The van der Waals surface area contributed by atoms with Crippen LogP contribution < -0.4 is 10.2 Å². The second kappa shape index (κ2) is 4.63. The highest BCUT2D eigenvalue weighted by atomic mass is 35.5. The molecule has 3 nitrogen and oxygen atoms in total. The minimum absolute atomic E-state index is 0.385. The Hall–Kier alpha value is -0.510. The summed E-state index contributed by atoms with van der Waals surface area (Å²) in [6.45, 7) is 2.16. The van der Waals surface area contributed by atoms with Crippen LogP contribution in [0, 0.1) is 0 Å². The predicted octanol–water partition coefficient (Wildman–Crippen LogP) is 2.72. The van der Waals surface area contributed by atoms with Gasteiger partial charge in [0.05, 0.1) is 16.9 Å². The van der Waals surface area contributed by atoms with Gasteiger partial charge in [0.15, 0.2) is 0 Å². The molecule has 0 saturated carbocycles. The molecule has 1 aromatic rings.